The lowest BCUT2D eigenvalue weighted by Crippen LogP contribution is -2.77. The van der Waals surface area contributed by atoms with Crippen molar-refractivity contribution in [3.63, 3.8) is 0 Å². The van der Waals surface area contributed by atoms with Crippen LogP contribution < -0.4 is 0 Å². The lowest BCUT2D eigenvalue weighted by molar-refractivity contribution is -0.316. The van der Waals surface area contributed by atoms with E-state index >= 15 is 0 Å². The summed E-state index contributed by atoms with van der Waals surface area (Å²) in [6, 6.07) is 0. The molecule has 0 aromatic carbocycles. The fourth-order valence-electron chi connectivity index (χ4n) is 5.96. The van der Waals surface area contributed by atoms with Gasteiger partial charge in [-0.05, 0) is 60.2 Å². The average Bonchev–Trinajstić information content (AvgIpc) is 2.08. The Morgan fingerprint density at radius 2 is 1.42 bits per heavy atom. The molecule has 6 fully saturated rings. The van der Waals surface area contributed by atoms with Crippen LogP contribution in [0.25, 0.3) is 0 Å². The molecular weight excluding hydrogens is 144 g/mol. The highest BCUT2D eigenvalue weighted by Crippen LogP contribution is 2.81. The summed E-state index contributed by atoms with van der Waals surface area (Å²) < 4.78 is 0. The molecule has 8 aliphatic carbocycles. The molecule has 0 amide bonds. The van der Waals surface area contributed by atoms with Crippen LogP contribution in [0.4, 0.5) is 0 Å². The van der Waals surface area contributed by atoms with Crippen molar-refractivity contribution in [2.45, 2.75) is 12.8 Å². The molecule has 12 heavy (non-hydrogen) atoms. The zero-order valence-corrected chi connectivity index (χ0v) is 7.19. The van der Waals surface area contributed by atoms with Gasteiger partial charge in [0.25, 0.3) is 0 Å². The first-order valence-electron chi connectivity index (χ1n) is 5.65. The van der Waals surface area contributed by atoms with E-state index in [9.17, 15) is 0 Å². The first kappa shape index (κ1) is 5.47. The maximum absolute atomic E-state index is 2.59. The Morgan fingerprint density at radius 1 is 0.667 bits per heavy atom. The summed E-state index contributed by atoms with van der Waals surface area (Å²) in [5.74, 6) is 9.32. The van der Waals surface area contributed by atoms with Crippen LogP contribution in [0.5, 0.6) is 0 Å². The molecule has 0 heterocycles. The molecule has 0 saturated heterocycles. The Balaban J connectivity index is 1.82. The van der Waals surface area contributed by atoms with E-state index in [-0.39, 0.29) is 0 Å². The van der Waals surface area contributed by atoms with Gasteiger partial charge in [0.05, 0.1) is 0 Å². The van der Waals surface area contributed by atoms with E-state index < -0.39 is 0 Å². The summed E-state index contributed by atoms with van der Waals surface area (Å²) in [5, 5.41) is 0. The van der Waals surface area contributed by atoms with Crippen molar-refractivity contribution >= 4 is 0 Å². The molecule has 6 saturated carbocycles. The van der Waals surface area contributed by atoms with Gasteiger partial charge in [-0.15, -0.1) is 0 Å². The normalized spacial score (nSPS) is 78.7. The molecule has 8 aliphatic rings. The Labute approximate surface area is 73.0 Å². The standard InChI is InChI=1S/C12H14/c1-3-7-10-6-2-4-8-9(5(1)6)11(7)12(8)10/h1,3,5-12H,2,4H2. The number of hydrogen-bond acceptors (Lipinski definition) is 0. The van der Waals surface area contributed by atoms with E-state index in [0.29, 0.717) is 0 Å². The Morgan fingerprint density at radius 3 is 2.17 bits per heavy atom. The maximum atomic E-state index is 2.59. The quantitative estimate of drug-likeness (QED) is 0.475. The van der Waals surface area contributed by atoms with Gasteiger partial charge in [-0.3, -0.25) is 0 Å². The van der Waals surface area contributed by atoms with Crippen LogP contribution in [0.1, 0.15) is 12.8 Å². The molecule has 8 bridgehead atoms. The topological polar surface area (TPSA) is 0 Å². The third kappa shape index (κ3) is 0.301. The maximum Gasteiger partial charge on any atom is -0.0165 e. The summed E-state index contributed by atoms with van der Waals surface area (Å²) in [4.78, 5) is 0. The third-order valence-electron chi connectivity index (χ3n) is 6.03. The van der Waals surface area contributed by atoms with Crippen LogP contribution in [0.2, 0.25) is 0 Å². The molecule has 0 heteroatoms. The second-order valence-electron chi connectivity index (χ2n) is 5.75. The van der Waals surface area contributed by atoms with Crippen LogP contribution in [-0.4, -0.2) is 0 Å². The Kier molecular flexibility index (Phi) is 0.603. The van der Waals surface area contributed by atoms with Crippen molar-refractivity contribution in [2.24, 2.45) is 47.3 Å². The molecular formula is C12H14. The van der Waals surface area contributed by atoms with Gasteiger partial charge in [0, 0.05) is 0 Å². The number of rotatable bonds is 0. The first-order valence-corrected chi connectivity index (χ1v) is 5.65. The second kappa shape index (κ2) is 1.32. The van der Waals surface area contributed by atoms with Crippen LogP contribution in [-0.2, 0) is 0 Å². The molecule has 0 radical (unpaired) electrons. The van der Waals surface area contributed by atoms with E-state index in [0.717, 1.165) is 17.8 Å². The van der Waals surface area contributed by atoms with E-state index in [1.807, 2.05) is 0 Å². The highest BCUT2D eigenvalue weighted by atomic mass is 14.8. The molecule has 0 aromatic rings. The predicted molar refractivity (Wildman–Crippen MR) is 46.3 cm³/mol. The van der Waals surface area contributed by atoms with E-state index in [1.54, 1.807) is 12.8 Å². The van der Waals surface area contributed by atoms with Crippen LogP contribution in [0, 0.1) is 47.3 Å². The molecule has 0 N–H and O–H groups in total. The minimum Gasteiger partial charge on any atom is -0.0845 e. The highest BCUT2D eigenvalue weighted by molar-refractivity contribution is 5.32. The second-order valence-corrected chi connectivity index (χ2v) is 5.75. The lowest BCUT2D eigenvalue weighted by Gasteiger charge is -2.81. The Hall–Kier alpha value is -0.260. The first-order chi connectivity index (χ1) is 5.97. The fourth-order valence-corrected chi connectivity index (χ4v) is 5.96. The zero-order valence-electron chi connectivity index (χ0n) is 7.19. The smallest absolute Gasteiger partial charge is 0.0165 e. The van der Waals surface area contributed by atoms with E-state index in [4.69, 9.17) is 0 Å². The lowest BCUT2D eigenvalue weighted by atomic mass is 9.23. The molecule has 8 unspecified atom stereocenters. The predicted octanol–water partition coefficient (Wildman–Crippen LogP) is 2.32. The van der Waals surface area contributed by atoms with Gasteiger partial charge in [-0.2, -0.15) is 0 Å². The molecule has 8 rings (SSSR count). The summed E-state index contributed by atoms with van der Waals surface area (Å²) in [6.07, 6.45) is 8.35. The number of hydrogen-bond donors (Lipinski definition) is 0. The van der Waals surface area contributed by atoms with Gasteiger partial charge in [0.1, 0.15) is 0 Å². The molecule has 0 spiro atoms. The number of allylic oxidation sites excluding steroid dienone is 2. The highest BCUT2D eigenvalue weighted by Gasteiger charge is 2.76. The van der Waals surface area contributed by atoms with Crippen molar-refractivity contribution < 1.29 is 0 Å². The summed E-state index contributed by atoms with van der Waals surface area (Å²) in [6.45, 7) is 0. The minimum atomic E-state index is 1.06. The van der Waals surface area contributed by atoms with Crippen LogP contribution in [0.3, 0.4) is 0 Å². The summed E-state index contributed by atoms with van der Waals surface area (Å²) in [7, 11) is 0. The third-order valence-corrected chi connectivity index (χ3v) is 6.03. The van der Waals surface area contributed by atoms with E-state index in [2.05, 4.69) is 12.2 Å². The average molecular weight is 158 g/mol. The molecule has 0 aromatic heterocycles. The molecule has 62 valence electrons. The minimum absolute atomic E-state index is 1.06. The van der Waals surface area contributed by atoms with Gasteiger partial charge in [-0.25, -0.2) is 0 Å². The molecule has 0 nitrogen and oxygen atoms in total. The monoisotopic (exact) mass is 158 g/mol. The van der Waals surface area contributed by atoms with Gasteiger partial charge in [0.15, 0.2) is 0 Å². The van der Waals surface area contributed by atoms with Crippen molar-refractivity contribution in [3.8, 4) is 0 Å². The fraction of sp³-hybridized carbons (Fsp3) is 0.833. The van der Waals surface area contributed by atoms with Crippen LogP contribution >= 0.6 is 0 Å². The van der Waals surface area contributed by atoms with Crippen molar-refractivity contribution in [3.05, 3.63) is 12.2 Å². The van der Waals surface area contributed by atoms with Gasteiger partial charge < -0.3 is 0 Å². The summed E-state index contributed by atoms with van der Waals surface area (Å²) in [5.41, 5.74) is 0. The van der Waals surface area contributed by atoms with Crippen molar-refractivity contribution in [1.82, 2.24) is 0 Å². The zero-order chi connectivity index (χ0) is 7.45. The van der Waals surface area contributed by atoms with Crippen LogP contribution in [0.15, 0.2) is 12.2 Å². The molecule has 0 aliphatic heterocycles. The van der Waals surface area contributed by atoms with E-state index in [1.165, 1.54) is 29.6 Å². The van der Waals surface area contributed by atoms with Gasteiger partial charge >= 0.3 is 0 Å². The number of fused-ring (bicyclic) bond motifs is 1. The van der Waals surface area contributed by atoms with Gasteiger partial charge in [-0.1, -0.05) is 12.2 Å². The van der Waals surface area contributed by atoms with Gasteiger partial charge in [0.2, 0.25) is 0 Å². The van der Waals surface area contributed by atoms with Crippen molar-refractivity contribution in [2.75, 3.05) is 0 Å². The SMILES string of the molecule is C1=CC2C3C4CCC5C(C14)C2C53. The molecule has 8 atom stereocenters. The largest absolute Gasteiger partial charge is 0.0845 e. The summed E-state index contributed by atoms with van der Waals surface area (Å²) >= 11 is 0. The Bertz CT molecular complexity index is 299. The van der Waals surface area contributed by atoms with Crippen molar-refractivity contribution in [1.29, 1.82) is 0 Å².